The van der Waals surface area contributed by atoms with Crippen LogP contribution in [0.15, 0.2) is 0 Å². The van der Waals surface area contributed by atoms with E-state index in [4.69, 9.17) is 5.73 Å². The first-order chi connectivity index (χ1) is 9.83. The highest BCUT2D eigenvalue weighted by Gasteiger charge is 2.11. The van der Waals surface area contributed by atoms with E-state index in [-0.39, 0.29) is 30.4 Å². The molecule has 0 unspecified atom stereocenters. The van der Waals surface area contributed by atoms with Crippen molar-refractivity contribution in [3.05, 3.63) is 0 Å². The van der Waals surface area contributed by atoms with Crippen LogP contribution < -0.4 is 23.0 Å². The lowest BCUT2D eigenvalue weighted by atomic mass is 10.0. The van der Waals surface area contributed by atoms with Gasteiger partial charge in [-0.15, -0.1) is 12.4 Å². The highest BCUT2D eigenvalue weighted by molar-refractivity contribution is 5.85. The van der Waals surface area contributed by atoms with Crippen LogP contribution >= 0.6 is 12.4 Å². The molecule has 0 amide bonds. The summed E-state index contributed by atoms with van der Waals surface area (Å²) in [5, 5.41) is 0. The predicted octanol–water partition coefficient (Wildman–Crippen LogP) is 1.61. The molecular weight excluding hydrogens is 327 g/mol. The highest BCUT2D eigenvalue weighted by Crippen LogP contribution is 2.09. The summed E-state index contributed by atoms with van der Waals surface area (Å²) in [6.45, 7) is 9.85. The molecule has 0 heterocycles. The Morgan fingerprint density at radius 2 is 1.04 bits per heavy atom. The molecule has 4 heteroatoms. The summed E-state index contributed by atoms with van der Waals surface area (Å²) in [6, 6.07) is 0. The van der Waals surface area contributed by atoms with Crippen molar-refractivity contribution in [3.8, 4) is 0 Å². The minimum absolute atomic E-state index is 0. The van der Waals surface area contributed by atoms with Crippen molar-refractivity contribution in [2.45, 2.75) is 104 Å². The van der Waals surface area contributed by atoms with E-state index in [1.807, 2.05) is 0 Å². The van der Waals surface area contributed by atoms with Crippen molar-refractivity contribution in [3.63, 3.8) is 0 Å². The van der Waals surface area contributed by atoms with Gasteiger partial charge in [-0.25, -0.2) is 0 Å². The molecule has 0 atom stereocenters. The zero-order valence-electron chi connectivity index (χ0n) is 16.8. The van der Waals surface area contributed by atoms with Crippen molar-refractivity contribution in [2.24, 2.45) is 5.73 Å². The van der Waals surface area contributed by atoms with Crippen LogP contribution in [0.1, 0.15) is 98.3 Å². The third kappa shape index (κ3) is 39.4. The number of rotatable bonds is 12. The fraction of sp³-hybridized carbons (Fsp3) is 1.00. The van der Waals surface area contributed by atoms with Crippen molar-refractivity contribution < 1.29 is 17.3 Å². The quantitative estimate of drug-likeness (QED) is 0.500. The zero-order valence-corrected chi connectivity index (χ0v) is 18.4. The van der Waals surface area contributed by atoms with Gasteiger partial charge in [-0.2, -0.15) is 0 Å². The highest BCUT2D eigenvalue weighted by atomic mass is 35.5. The van der Waals surface area contributed by atoms with E-state index in [9.17, 15) is 0 Å². The Balaban J connectivity index is -0.000000149. The van der Waals surface area contributed by atoms with E-state index >= 15 is 0 Å². The first-order valence-corrected chi connectivity index (χ1v) is 9.41. The van der Waals surface area contributed by atoms with Crippen LogP contribution in [0.4, 0.5) is 0 Å². The van der Waals surface area contributed by atoms with Gasteiger partial charge < -0.3 is 23.0 Å². The number of unbranched alkanes of at least 4 members (excludes halogenated alkanes) is 9. The molecule has 0 aliphatic carbocycles. The van der Waals surface area contributed by atoms with E-state index < -0.39 is 0 Å². The van der Waals surface area contributed by atoms with Gasteiger partial charge in [-0.1, -0.05) is 78.1 Å². The van der Waals surface area contributed by atoms with Crippen LogP contribution in [0.2, 0.25) is 0 Å². The normalized spacial score (nSPS) is 10.4. The molecule has 146 valence electrons. The number of nitrogens with one attached hydrogen (secondary N) is 1. The number of halogens is 2. The van der Waals surface area contributed by atoms with Crippen LogP contribution in [-0.2, 0) is 0 Å². The van der Waals surface area contributed by atoms with E-state index in [0.29, 0.717) is 0 Å². The Kier molecular flexibility index (Phi) is 30.6. The topological polar surface area (TPSA) is 30.5 Å². The summed E-state index contributed by atoms with van der Waals surface area (Å²) >= 11 is 0. The van der Waals surface area contributed by atoms with E-state index in [1.165, 1.54) is 69.1 Å². The SMILES string of the molecule is CCCCCCCCCCCC.C[NH+](C)CCC(C)(C)N.Cl.[Cl-]. The second kappa shape index (κ2) is 22.5. The monoisotopic (exact) mass is 372 g/mol. The third-order valence-electron chi connectivity index (χ3n) is 3.73. The Hall–Kier alpha value is 0.500. The fourth-order valence-corrected chi connectivity index (χ4v) is 2.13. The summed E-state index contributed by atoms with van der Waals surface area (Å²) in [5.74, 6) is 0. The zero-order chi connectivity index (χ0) is 16.6. The molecule has 0 aliphatic rings. The molecule has 0 aromatic carbocycles. The molecular formula is C19H46Cl2N2. The Labute approximate surface area is 160 Å². The molecule has 0 radical (unpaired) electrons. The second-order valence-corrected chi connectivity index (χ2v) is 7.52. The van der Waals surface area contributed by atoms with Gasteiger partial charge in [0, 0.05) is 12.0 Å². The minimum atomic E-state index is 0. The maximum absolute atomic E-state index is 5.77. The Morgan fingerprint density at radius 3 is 1.22 bits per heavy atom. The molecule has 0 aromatic rings. The van der Waals surface area contributed by atoms with Gasteiger partial charge in [0.1, 0.15) is 0 Å². The average Bonchev–Trinajstić information content (AvgIpc) is 2.40. The van der Waals surface area contributed by atoms with Crippen LogP contribution in [0, 0.1) is 0 Å². The predicted molar refractivity (Wildman–Crippen MR) is 105 cm³/mol. The lowest BCUT2D eigenvalue weighted by Gasteiger charge is -2.18. The summed E-state index contributed by atoms with van der Waals surface area (Å²) in [4.78, 5) is 1.47. The first-order valence-electron chi connectivity index (χ1n) is 9.41. The van der Waals surface area contributed by atoms with Gasteiger partial charge in [0.2, 0.25) is 0 Å². The molecule has 0 rings (SSSR count). The molecule has 0 bridgehead atoms. The van der Waals surface area contributed by atoms with Crippen molar-refractivity contribution >= 4 is 12.4 Å². The lowest BCUT2D eigenvalue weighted by molar-refractivity contribution is -0.858. The van der Waals surface area contributed by atoms with Crippen LogP contribution in [0.25, 0.3) is 0 Å². The number of hydrogen-bond acceptors (Lipinski definition) is 1. The summed E-state index contributed by atoms with van der Waals surface area (Å²) in [7, 11) is 4.29. The molecule has 0 fully saturated rings. The number of nitrogens with two attached hydrogens (primary N) is 1. The lowest BCUT2D eigenvalue weighted by Crippen LogP contribution is -3.06. The molecule has 3 N–H and O–H groups in total. The maximum Gasteiger partial charge on any atom is 0.0784 e. The van der Waals surface area contributed by atoms with E-state index in [1.54, 1.807) is 0 Å². The standard InChI is InChI=1S/C12H26.C7H18N2.2ClH/c1-3-5-7-9-11-12-10-8-6-4-2;1-7(2,8)5-6-9(3)4;;/h3-12H2,1-2H3;5-6,8H2,1-4H3;2*1H. The average molecular weight is 373 g/mol. The van der Waals surface area contributed by atoms with Gasteiger partial charge in [0.05, 0.1) is 20.6 Å². The van der Waals surface area contributed by atoms with Gasteiger partial charge in [-0.05, 0) is 13.8 Å². The maximum atomic E-state index is 5.77. The minimum Gasteiger partial charge on any atom is -1.00 e. The van der Waals surface area contributed by atoms with Crippen molar-refractivity contribution in [1.82, 2.24) is 0 Å². The van der Waals surface area contributed by atoms with Crippen LogP contribution in [-0.4, -0.2) is 26.2 Å². The largest absolute Gasteiger partial charge is 1.00 e. The summed E-state index contributed by atoms with van der Waals surface area (Å²) in [6.07, 6.45) is 15.5. The summed E-state index contributed by atoms with van der Waals surface area (Å²) < 4.78 is 0. The molecule has 0 saturated carbocycles. The van der Waals surface area contributed by atoms with Crippen LogP contribution in [0.5, 0.6) is 0 Å². The first kappa shape index (κ1) is 31.3. The molecule has 0 spiro atoms. The van der Waals surface area contributed by atoms with Crippen LogP contribution in [0.3, 0.4) is 0 Å². The molecule has 0 aromatic heterocycles. The Bertz CT molecular complexity index is 182. The van der Waals surface area contributed by atoms with Gasteiger partial charge in [0.15, 0.2) is 0 Å². The van der Waals surface area contributed by atoms with E-state index in [0.717, 1.165) is 13.0 Å². The third-order valence-corrected chi connectivity index (χ3v) is 3.73. The summed E-state index contributed by atoms with van der Waals surface area (Å²) in [5.41, 5.74) is 5.78. The Morgan fingerprint density at radius 1 is 0.739 bits per heavy atom. The molecule has 2 nitrogen and oxygen atoms in total. The number of quaternary nitrogens is 1. The molecule has 0 saturated heterocycles. The van der Waals surface area contributed by atoms with Crippen molar-refractivity contribution in [2.75, 3.05) is 20.6 Å². The van der Waals surface area contributed by atoms with Crippen molar-refractivity contribution in [1.29, 1.82) is 0 Å². The fourth-order valence-electron chi connectivity index (χ4n) is 2.13. The van der Waals surface area contributed by atoms with Gasteiger partial charge in [-0.3, -0.25) is 0 Å². The number of hydrogen-bond donors (Lipinski definition) is 2. The smallest absolute Gasteiger partial charge is 0.0784 e. The molecule has 23 heavy (non-hydrogen) atoms. The molecule has 0 aliphatic heterocycles. The van der Waals surface area contributed by atoms with Gasteiger partial charge in [0.25, 0.3) is 0 Å². The van der Waals surface area contributed by atoms with E-state index in [2.05, 4.69) is 41.8 Å². The second-order valence-electron chi connectivity index (χ2n) is 7.52. The van der Waals surface area contributed by atoms with Gasteiger partial charge >= 0.3 is 0 Å².